The number of nitrogens with one attached hydrogen (secondary N) is 1. The number of benzene rings is 1. The number of aromatic nitrogens is 5. The van der Waals surface area contributed by atoms with Gasteiger partial charge < -0.3 is 19.7 Å². The molecule has 0 bridgehead atoms. The second-order valence-electron chi connectivity index (χ2n) is 8.63. The van der Waals surface area contributed by atoms with Gasteiger partial charge in [0.2, 0.25) is 5.95 Å². The highest BCUT2D eigenvalue weighted by Crippen LogP contribution is 2.39. The number of hydrogen-bond donors (Lipinski definition) is 2. The molecule has 1 aliphatic rings. The normalized spacial score (nSPS) is 17.1. The fraction of sp³-hybridized carbons (Fsp3) is 0.280. The van der Waals surface area contributed by atoms with Crippen molar-refractivity contribution in [3.8, 4) is 22.7 Å². The molecule has 0 fully saturated rings. The van der Waals surface area contributed by atoms with Crippen LogP contribution in [0.4, 0.5) is 11.6 Å². The highest BCUT2D eigenvalue weighted by atomic mass is 16.5. The first-order valence-corrected chi connectivity index (χ1v) is 10.9. The first kappa shape index (κ1) is 21.1. The lowest BCUT2D eigenvalue weighted by molar-refractivity contribution is 0.206. The molecule has 0 saturated carbocycles. The number of hydrogen-bond acceptors (Lipinski definition) is 7. The van der Waals surface area contributed by atoms with Crippen LogP contribution in [-0.2, 0) is 11.8 Å². The predicted octanol–water partition coefficient (Wildman–Crippen LogP) is 3.98. The summed E-state index contributed by atoms with van der Waals surface area (Å²) >= 11 is 0. The van der Waals surface area contributed by atoms with Crippen molar-refractivity contribution in [2.75, 3.05) is 19.0 Å². The second-order valence-corrected chi connectivity index (χ2v) is 8.63. The van der Waals surface area contributed by atoms with Crippen LogP contribution in [0, 0.1) is 6.92 Å². The zero-order valence-corrected chi connectivity index (χ0v) is 18.9. The van der Waals surface area contributed by atoms with Gasteiger partial charge in [0.25, 0.3) is 0 Å². The van der Waals surface area contributed by atoms with Gasteiger partial charge in [-0.2, -0.15) is 0 Å². The standard InChI is InChI=1S/C25H26N6O2/c1-16-13-31(15-28-16)18-4-5-22(23(11-18)33-3)30-24-26-9-7-20(29-24)17-10-19-21(27-12-17)6-8-25(19,2)14-32/h4-5,7,9-13,15,32H,6,8,14H2,1-3H3,(H,26,29,30). The van der Waals surface area contributed by atoms with Crippen LogP contribution in [0.2, 0.25) is 0 Å². The van der Waals surface area contributed by atoms with Crippen LogP contribution in [-0.4, -0.2) is 43.3 Å². The monoisotopic (exact) mass is 442 g/mol. The largest absolute Gasteiger partial charge is 0.494 e. The molecule has 0 saturated heterocycles. The lowest BCUT2D eigenvalue weighted by Gasteiger charge is -2.22. The molecule has 0 spiro atoms. The molecule has 3 aromatic heterocycles. The van der Waals surface area contributed by atoms with Gasteiger partial charge in [0, 0.05) is 41.3 Å². The van der Waals surface area contributed by atoms with E-state index in [2.05, 4.69) is 33.3 Å². The van der Waals surface area contributed by atoms with Gasteiger partial charge in [-0.25, -0.2) is 15.0 Å². The van der Waals surface area contributed by atoms with E-state index in [4.69, 9.17) is 9.72 Å². The van der Waals surface area contributed by atoms with Crippen molar-refractivity contribution >= 4 is 11.6 Å². The topological polar surface area (TPSA) is 98.0 Å². The van der Waals surface area contributed by atoms with Crippen LogP contribution in [0.25, 0.3) is 16.9 Å². The summed E-state index contributed by atoms with van der Waals surface area (Å²) in [4.78, 5) is 18.0. The minimum atomic E-state index is -0.255. The van der Waals surface area contributed by atoms with E-state index in [9.17, 15) is 5.11 Å². The number of aliphatic hydroxyl groups excluding tert-OH is 1. The summed E-state index contributed by atoms with van der Waals surface area (Å²) in [5, 5.41) is 13.2. The molecule has 3 heterocycles. The molecule has 0 radical (unpaired) electrons. The molecule has 33 heavy (non-hydrogen) atoms. The van der Waals surface area contributed by atoms with Gasteiger partial charge in [-0.1, -0.05) is 6.92 Å². The number of anilines is 2. The van der Waals surface area contributed by atoms with Crippen molar-refractivity contribution in [2.45, 2.75) is 32.1 Å². The Morgan fingerprint density at radius 1 is 1.18 bits per heavy atom. The van der Waals surface area contributed by atoms with Gasteiger partial charge in [-0.15, -0.1) is 0 Å². The molecule has 168 valence electrons. The van der Waals surface area contributed by atoms with Crippen LogP contribution in [0.3, 0.4) is 0 Å². The van der Waals surface area contributed by atoms with Gasteiger partial charge in [0.1, 0.15) is 5.75 Å². The van der Waals surface area contributed by atoms with E-state index in [0.29, 0.717) is 11.7 Å². The second kappa shape index (κ2) is 8.29. The average molecular weight is 443 g/mol. The van der Waals surface area contributed by atoms with E-state index in [-0.39, 0.29) is 12.0 Å². The number of aliphatic hydroxyl groups is 1. The molecule has 0 aliphatic heterocycles. The molecule has 1 atom stereocenters. The first-order valence-electron chi connectivity index (χ1n) is 10.9. The Bertz CT molecular complexity index is 1320. The Balaban J connectivity index is 1.43. The molecule has 1 unspecified atom stereocenters. The van der Waals surface area contributed by atoms with Gasteiger partial charge in [-0.05, 0) is 49.6 Å². The number of aryl methyl sites for hydroxylation is 2. The zero-order valence-electron chi connectivity index (χ0n) is 18.9. The maximum absolute atomic E-state index is 9.90. The summed E-state index contributed by atoms with van der Waals surface area (Å²) in [5.41, 5.74) is 6.22. The summed E-state index contributed by atoms with van der Waals surface area (Å²) in [5.74, 6) is 1.13. The van der Waals surface area contributed by atoms with Crippen LogP contribution < -0.4 is 10.1 Å². The van der Waals surface area contributed by atoms with E-state index < -0.39 is 0 Å². The number of rotatable bonds is 6. The zero-order chi connectivity index (χ0) is 23.0. The Morgan fingerprint density at radius 3 is 2.82 bits per heavy atom. The van der Waals surface area contributed by atoms with Gasteiger partial charge in [0.05, 0.1) is 42.8 Å². The molecule has 8 heteroatoms. The van der Waals surface area contributed by atoms with Crippen molar-refractivity contribution in [3.05, 3.63) is 72.2 Å². The smallest absolute Gasteiger partial charge is 0.227 e. The first-order chi connectivity index (χ1) is 16.0. The minimum absolute atomic E-state index is 0.107. The molecule has 4 aromatic rings. The molecule has 2 N–H and O–H groups in total. The Hall–Kier alpha value is -3.78. The Kier molecular flexibility index (Phi) is 5.30. The van der Waals surface area contributed by atoms with E-state index in [1.807, 2.05) is 48.1 Å². The molecule has 5 rings (SSSR count). The van der Waals surface area contributed by atoms with Crippen molar-refractivity contribution in [1.29, 1.82) is 0 Å². The van der Waals surface area contributed by atoms with Crippen molar-refractivity contribution in [2.24, 2.45) is 0 Å². The lowest BCUT2D eigenvalue weighted by atomic mass is 9.85. The number of imidazole rings is 1. The van der Waals surface area contributed by atoms with Crippen LogP contribution >= 0.6 is 0 Å². The fourth-order valence-electron chi connectivity index (χ4n) is 4.25. The van der Waals surface area contributed by atoms with Crippen molar-refractivity contribution in [3.63, 3.8) is 0 Å². The number of nitrogens with zero attached hydrogens (tertiary/aromatic N) is 5. The molecule has 1 aromatic carbocycles. The SMILES string of the molecule is COc1cc(-n2cnc(C)c2)ccc1Nc1nccc(-c2cnc3c(c2)C(C)(CO)CC3)n1. The number of ether oxygens (including phenoxy) is 1. The minimum Gasteiger partial charge on any atom is -0.494 e. The van der Waals surface area contributed by atoms with Crippen molar-refractivity contribution in [1.82, 2.24) is 24.5 Å². The summed E-state index contributed by atoms with van der Waals surface area (Å²) in [6.45, 7) is 4.14. The summed E-state index contributed by atoms with van der Waals surface area (Å²) < 4.78 is 7.55. The lowest BCUT2D eigenvalue weighted by Crippen LogP contribution is -2.23. The van der Waals surface area contributed by atoms with E-state index in [1.54, 1.807) is 19.6 Å². The predicted molar refractivity (Wildman–Crippen MR) is 126 cm³/mol. The van der Waals surface area contributed by atoms with Gasteiger partial charge >= 0.3 is 0 Å². The summed E-state index contributed by atoms with van der Waals surface area (Å²) in [7, 11) is 1.63. The number of methoxy groups -OCH3 is 1. The number of pyridine rings is 1. The van der Waals surface area contributed by atoms with Crippen LogP contribution in [0.15, 0.2) is 55.2 Å². The third-order valence-electron chi connectivity index (χ3n) is 6.28. The Morgan fingerprint density at radius 2 is 2.06 bits per heavy atom. The summed E-state index contributed by atoms with van der Waals surface area (Å²) in [6.07, 6.45) is 9.09. The molecule has 8 nitrogen and oxygen atoms in total. The van der Waals surface area contributed by atoms with Crippen molar-refractivity contribution < 1.29 is 9.84 Å². The third kappa shape index (κ3) is 3.93. The van der Waals surface area contributed by atoms with Crippen LogP contribution in [0.5, 0.6) is 5.75 Å². The molecular formula is C25H26N6O2. The van der Waals surface area contributed by atoms with Gasteiger partial charge in [0.15, 0.2) is 0 Å². The number of fused-ring (bicyclic) bond motifs is 1. The fourth-order valence-corrected chi connectivity index (χ4v) is 4.25. The molecular weight excluding hydrogens is 416 g/mol. The molecule has 1 aliphatic carbocycles. The maximum Gasteiger partial charge on any atom is 0.227 e. The van der Waals surface area contributed by atoms with E-state index in [1.165, 1.54) is 0 Å². The van der Waals surface area contributed by atoms with Gasteiger partial charge in [-0.3, -0.25) is 4.98 Å². The average Bonchev–Trinajstić information content (AvgIpc) is 3.43. The highest BCUT2D eigenvalue weighted by Gasteiger charge is 2.35. The highest BCUT2D eigenvalue weighted by molar-refractivity contribution is 5.67. The Labute approximate surface area is 192 Å². The quantitative estimate of drug-likeness (QED) is 0.466. The van der Waals surface area contributed by atoms with E-state index >= 15 is 0 Å². The molecule has 0 amide bonds. The third-order valence-corrected chi connectivity index (χ3v) is 6.28. The maximum atomic E-state index is 9.90. The van der Waals surface area contributed by atoms with E-state index in [0.717, 1.165) is 52.4 Å². The summed E-state index contributed by atoms with van der Waals surface area (Å²) in [6, 6.07) is 9.81. The van der Waals surface area contributed by atoms with Crippen LogP contribution in [0.1, 0.15) is 30.3 Å².